The van der Waals surface area contributed by atoms with Gasteiger partial charge in [0.05, 0.1) is 30.1 Å². The average molecular weight is 506 g/mol. The first-order valence-electron chi connectivity index (χ1n) is 10.7. The number of anilines is 1. The van der Waals surface area contributed by atoms with Gasteiger partial charge in [0, 0.05) is 16.8 Å². The number of carbonyl (C=O) groups excluding carboxylic acids is 1. The molecule has 0 amide bonds. The molecule has 1 saturated heterocycles. The third-order valence-electron chi connectivity index (χ3n) is 5.78. The Morgan fingerprint density at radius 2 is 2.00 bits per heavy atom. The summed E-state index contributed by atoms with van der Waals surface area (Å²) in [6, 6.07) is 20.3. The highest BCUT2D eigenvalue weighted by Crippen LogP contribution is 2.45. The summed E-state index contributed by atoms with van der Waals surface area (Å²) in [5, 5.41) is 14.8. The fourth-order valence-corrected chi connectivity index (χ4v) is 4.68. The highest BCUT2D eigenvalue weighted by molar-refractivity contribution is 7.80. The molecule has 0 radical (unpaired) electrons. The lowest BCUT2D eigenvalue weighted by Gasteiger charge is -2.26. The molecule has 2 aromatic heterocycles. The number of hydrogen-bond donors (Lipinski definition) is 2. The maximum Gasteiger partial charge on any atom is 0.337 e. The quantitative estimate of drug-likeness (QED) is 0.265. The molecule has 1 aliphatic rings. The Morgan fingerprint density at radius 3 is 2.77 bits per heavy atom. The number of hydrogen-bond acceptors (Lipinski definition) is 6. The number of nitrogens with one attached hydrogen (secondary N) is 1. The molecule has 1 aliphatic heterocycles. The van der Waals surface area contributed by atoms with Gasteiger partial charge in [0.2, 0.25) is 0 Å². The fraction of sp³-hybridized carbons (Fsp3) is 0.115. The van der Waals surface area contributed by atoms with Crippen molar-refractivity contribution in [2.24, 2.45) is 0 Å². The Kier molecular flexibility index (Phi) is 6.15. The van der Waals surface area contributed by atoms with E-state index < -0.39 is 12.0 Å². The first-order chi connectivity index (χ1) is 17.0. The molecule has 1 fully saturated rings. The molecule has 35 heavy (non-hydrogen) atoms. The Morgan fingerprint density at radius 1 is 1.14 bits per heavy atom. The molecule has 2 N–H and O–H groups in total. The predicted octanol–water partition coefficient (Wildman–Crippen LogP) is 5.66. The average Bonchev–Trinajstić information content (AvgIpc) is 3.50. The van der Waals surface area contributed by atoms with Gasteiger partial charge in [-0.1, -0.05) is 29.8 Å². The van der Waals surface area contributed by atoms with Crippen molar-refractivity contribution in [2.45, 2.75) is 12.1 Å². The number of carbonyl (C=O) groups is 1. The second-order valence-corrected chi connectivity index (χ2v) is 8.73. The van der Waals surface area contributed by atoms with Crippen LogP contribution < -0.4 is 10.2 Å². The van der Waals surface area contributed by atoms with Gasteiger partial charge in [0.15, 0.2) is 5.11 Å². The fourth-order valence-electron chi connectivity index (χ4n) is 4.18. The minimum absolute atomic E-state index is 0.0304. The zero-order chi connectivity index (χ0) is 24.5. The summed E-state index contributed by atoms with van der Waals surface area (Å²) >= 11 is 11.9. The van der Waals surface area contributed by atoms with E-state index in [0.717, 1.165) is 11.3 Å². The summed E-state index contributed by atoms with van der Waals surface area (Å²) in [7, 11) is 1.34. The van der Waals surface area contributed by atoms with Gasteiger partial charge >= 0.3 is 5.97 Å². The number of halogens is 1. The van der Waals surface area contributed by atoms with Crippen LogP contribution in [0.15, 0.2) is 83.4 Å². The van der Waals surface area contributed by atoms with Crippen LogP contribution in [0.2, 0.25) is 5.02 Å². The van der Waals surface area contributed by atoms with E-state index in [9.17, 15) is 9.90 Å². The van der Waals surface area contributed by atoms with Crippen LogP contribution in [0.3, 0.4) is 0 Å². The number of pyridine rings is 1. The van der Waals surface area contributed by atoms with Gasteiger partial charge in [-0.2, -0.15) is 0 Å². The van der Waals surface area contributed by atoms with E-state index in [4.69, 9.17) is 33.0 Å². The van der Waals surface area contributed by atoms with Crippen LogP contribution in [0.1, 0.15) is 33.9 Å². The van der Waals surface area contributed by atoms with Gasteiger partial charge in [-0.05, 0) is 66.8 Å². The minimum Gasteiger partial charge on any atom is -0.506 e. The van der Waals surface area contributed by atoms with Crippen LogP contribution in [0, 0.1) is 0 Å². The van der Waals surface area contributed by atoms with Crippen molar-refractivity contribution in [3.05, 3.63) is 101 Å². The number of esters is 1. The zero-order valence-corrected chi connectivity index (χ0v) is 20.1. The smallest absolute Gasteiger partial charge is 0.337 e. The van der Waals surface area contributed by atoms with Crippen LogP contribution >= 0.6 is 23.8 Å². The van der Waals surface area contributed by atoms with Gasteiger partial charge in [-0.3, -0.25) is 4.98 Å². The number of benzene rings is 2. The third kappa shape index (κ3) is 4.34. The Labute approximate surface area is 211 Å². The summed E-state index contributed by atoms with van der Waals surface area (Å²) in [6.45, 7) is 0. The lowest BCUT2D eigenvalue weighted by atomic mass is 10.0. The number of nitrogens with zero attached hydrogens (tertiary/aromatic N) is 2. The van der Waals surface area contributed by atoms with Crippen molar-refractivity contribution in [2.75, 3.05) is 12.0 Å². The molecule has 0 aliphatic carbocycles. The predicted molar refractivity (Wildman–Crippen MR) is 137 cm³/mol. The molecule has 5 rings (SSSR count). The van der Waals surface area contributed by atoms with Crippen LogP contribution in [-0.2, 0) is 4.74 Å². The SMILES string of the molecule is COC(=O)c1cccc(-c2ccc([C@H]3[C@@H](c4ccccn4)NC(=S)N3c3cc(Cl)ccc3O)o2)c1. The Hall–Kier alpha value is -3.88. The second kappa shape index (κ2) is 9.40. The Bertz CT molecular complexity index is 1410. The summed E-state index contributed by atoms with van der Waals surface area (Å²) in [4.78, 5) is 18.3. The molecule has 2 atom stereocenters. The molecule has 0 spiro atoms. The molecular weight excluding hydrogens is 486 g/mol. The number of aromatic nitrogens is 1. The van der Waals surface area contributed by atoms with E-state index in [0.29, 0.717) is 32.9 Å². The van der Waals surface area contributed by atoms with Crippen molar-refractivity contribution in [3.63, 3.8) is 0 Å². The molecule has 4 aromatic rings. The molecular formula is C26H20ClN3O4S. The molecule has 0 bridgehead atoms. The summed E-state index contributed by atoms with van der Waals surface area (Å²) in [6.07, 6.45) is 1.71. The normalized spacial score (nSPS) is 17.3. The molecule has 9 heteroatoms. The number of thiocarbonyl (C=S) groups is 1. The number of methoxy groups -OCH3 is 1. The number of phenolic OH excluding ortho intramolecular Hbond substituents is 1. The largest absolute Gasteiger partial charge is 0.506 e. The maximum atomic E-state index is 12.0. The van der Waals surface area contributed by atoms with Crippen LogP contribution in [0.5, 0.6) is 5.75 Å². The first-order valence-corrected chi connectivity index (χ1v) is 11.5. The molecule has 0 saturated carbocycles. The van der Waals surface area contributed by atoms with Crippen molar-refractivity contribution in [1.82, 2.24) is 10.3 Å². The first kappa shape index (κ1) is 22.9. The van der Waals surface area contributed by atoms with E-state index in [1.165, 1.54) is 13.2 Å². The number of phenols is 1. The standard InChI is InChI=1S/C26H20ClN3O4S/c1-33-25(32)16-6-4-5-15(13-16)21-10-11-22(34-21)24-23(18-7-2-3-12-28-18)29-26(35)30(24)19-14-17(27)8-9-20(19)31/h2-14,23-24,31H,1H3,(H,29,35)/t23-,24+/m1/s1. The lowest BCUT2D eigenvalue weighted by molar-refractivity contribution is 0.0601. The van der Waals surface area contributed by atoms with Crippen molar-refractivity contribution in [3.8, 4) is 17.1 Å². The number of ether oxygens (including phenoxy) is 1. The van der Waals surface area contributed by atoms with Crippen LogP contribution in [0.25, 0.3) is 11.3 Å². The molecule has 2 aromatic carbocycles. The van der Waals surface area contributed by atoms with Gasteiger partial charge < -0.3 is 24.5 Å². The summed E-state index contributed by atoms with van der Waals surface area (Å²) in [5.74, 6) is 0.758. The number of furan rings is 1. The van der Waals surface area contributed by atoms with Gasteiger partial charge in [0.25, 0.3) is 0 Å². The summed E-state index contributed by atoms with van der Waals surface area (Å²) < 4.78 is 11.1. The van der Waals surface area contributed by atoms with E-state index >= 15 is 0 Å². The van der Waals surface area contributed by atoms with Crippen LogP contribution in [0.4, 0.5) is 5.69 Å². The highest BCUT2D eigenvalue weighted by atomic mass is 35.5. The van der Waals surface area contributed by atoms with Crippen LogP contribution in [-0.4, -0.2) is 28.3 Å². The van der Waals surface area contributed by atoms with Gasteiger partial charge in [-0.15, -0.1) is 0 Å². The van der Waals surface area contributed by atoms with Crippen molar-refractivity contribution >= 4 is 40.6 Å². The summed E-state index contributed by atoms with van der Waals surface area (Å²) in [5.41, 5.74) is 2.35. The molecule has 176 valence electrons. The topological polar surface area (TPSA) is 87.8 Å². The highest BCUT2D eigenvalue weighted by Gasteiger charge is 2.43. The molecule has 3 heterocycles. The van der Waals surface area contributed by atoms with Crippen molar-refractivity contribution < 1.29 is 19.1 Å². The molecule has 0 unspecified atom stereocenters. The lowest BCUT2D eigenvalue weighted by Crippen LogP contribution is -2.29. The second-order valence-electron chi connectivity index (χ2n) is 7.90. The van der Waals surface area contributed by atoms with E-state index in [1.807, 2.05) is 36.4 Å². The zero-order valence-electron chi connectivity index (χ0n) is 18.5. The van der Waals surface area contributed by atoms with E-state index in [-0.39, 0.29) is 11.8 Å². The Balaban J connectivity index is 1.60. The van der Waals surface area contributed by atoms with Gasteiger partial charge in [0.1, 0.15) is 23.3 Å². The van der Waals surface area contributed by atoms with Gasteiger partial charge in [-0.25, -0.2) is 4.79 Å². The van der Waals surface area contributed by atoms with E-state index in [2.05, 4.69) is 10.3 Å². The monoisotopic (exact) mass is 505 g/mol. The minimum atomic E-state index is -0.473. The maximum absolute atomic E-state index is 12.0. The molecule has 7 nitrogen and oxygen atoms in total. The number of aromatic hydroxyl groups is 1. The van der Waals surface area contributed by atoms with E-state index in [1.54, 1.807) is 41.4 Å². The van der Waals surface area contributed by atoms with Crippen molar-refractivity contribution in [1.29, 1.82) is 0 Å². The third-order valence-corrected chi connectivity index (χ3v) is 6.33. The number of rotatable bonds is 5.